The summed E-state index contributed by atoms with van der Waals surface area (Å²) >= 11 is 9.90. The maximum Gasteiger partial charge on any atom is 0.264 e. The van der Waals surface area contributed by atoms with E-state index in [0.717, 1.165) is 29.8 Å². The number of aliphatic hydroxyl groups is 1. The van der Waals surface area contributed by atoms with Gasteiger partial charge in [0.1, 0.15) is 0 Å². The van der Waals surface area contributed by atoms with Crippen molar-refractivity contribution in [2.45, 2.75) is 139 Å². The number of piperidine rings is 1. The van der Waals surface area contributed by atoms with Crippen LogP contribution in [0.3, 0.4) is 0 Å². The number of thiocarbonyl (C=S) groups is 1. The van der Waals surface area contributed by atoms with Crippen molar-refractivity contribution in [3.05, 3.63) is 59.2 Å². The zero-order chi connectivity index (χ0) is 51.2. The minimum atomic E-state index is -1.11. The Bertz CT molecular complexity index is 2350. The Morgan fingerprint density at radius 1 is 0.972 bits per heavy atom. The number of Topliss-reactive ketones (excluding diaryl/α,β-unsaturated/α-hetero) is 3. The number of unbranched alkanes of at least 4 members (excludes halogenated alkanes) is 1. The number of likely N-dealkylation sites (N-methyl/N-ethyl adjacent to an activating group) is 1. The highest BCUT2D eigenvalue weighted by Gasteiger charge is 2.73. The first-order chi connectivity index (χ1) is 33.9. The molecule has 17 nitrogen and oxygen atoms in total. The first-order valence-electron chi connectivity index (χ1n) is 25.2. The van der Waals surface area contributed by atoms with E-state index in [0.29, 0.717) is 68.9 Å². The number of thiol groups is 1. The molecule has 1 spiro atoms. The fraction of sp³-hybridized carbons (Fsp3) is 0.615. The Labute approximate surface area is 427 Å². The molecule has 2 saturated carbocycles. The molecule has 2 aliphatic heterocycles. The maximum atomic E-state index is 13.9. The van der Waals surface area contributed by atoms with Crippen LogP contribution in [0.2, 0.25) is 0 Å². The molecule has 2 bridgehead atoms. The molecule has 2 aromatic rings. The molecule has 71 heavy (non-hydrogen) atoms. The van der Waals surface area contributed by atoms with Crippen molar-refractivity contribution >= 4 is 71.0 Å². The number of hydrogen-bond acceptors (Lipinski definition) is 14. The van der Waals surface area contributed by atoms with Crippen molar-refractivity contribution in [2.24, 2.45) is 23.5 Å². The summed E-state index contributed by atoms with van der Waals surface area (Å²) in [5.41, 5.74) is 7.06. The molecule has 2 aromatic carbocycles. The van der Waals surface area contributed by atoms with Gasteiger partial charge in [-0.15, -0.1) is 0 Å². The number of nitrogens with zero attached hydrogens (tertiary/aromatic N) is 2. The Morgan fingerprint density at radius 2 is 1.70 bits per heavy atom. The highest BCUT2D eigenvalue weighted by Crippen LogP contribution is 2.65. The van der Waals surface area contributed by atoms with Crippen LogP contribution in [0.25, 0.3) is 0 Å². The molecule has 0 radical (unpaired) electrons. The van der Waals surface area contributed by atoms with Crippen LogP contribution in [0, 0.1) is 17.8 Å². The molecule has 5 unspecified atom stereocenters. The van der Waals surface area contributed by atoms with Crippen LogP contribution in [-0.2, 0) is 51.8 Å². The van der Waals surface area contributed by atoms with Crippen molar-refractivity contribution in [2.75, 3.05) is 45.5 Å². The van der Waals surface area contributed by atoms with Crippen molar-refractivity contribution in [1.82, 2.24) is 31.1 Å². The third-order valence-corrected chi connectivity index (χ3v) is 16.0. The maximum absolute atomic E-state index is 13.9. The molecule has 2 heterocycles. The average Bonchev–Trinajstić information content (AvgIpc) is 4.09. The highest BCUT2D eigenvalue weighted by molar-refractivity contribution is 7.80. The number of amides is 4. The Balaban J connectivity index is 0.945. The standard InChI is InChI=1S/C52H71N7O10S2/c1-30(24-41(63)38(29-70)57-32(3)60)47(64)56-31(2)40(62)26-36(12-8-9-20-54-49(66)37(53)25-33-10-6-5-7-11-33)48(65)55-21-23-58(4)50(71)68-42-16-15-35-27-43-52(67)18-17-39(61)46-51(52,44(35)45(42)69-46)19-22-59(43)28-34-13-14-34/h5-7,10-11,15-16,30-31,34,36-38,43,46,67,70H,8-9,12-14,17-29,53H2,1-4H3,(H,54,66)(H,55,65)(H,56,64)(H,57,60)/t30?,31?,36?,37?,38?,43-,46+,51+,52-/m1/s1. The first-order valence-corrected chi connectivity index (χ1v) is 26.2. The second kappa shape index (κ2) is 23.3. The number of ketones is 3. The summed E-state index contributed by atoms with van der Waals surface area (Å²) < 4.78 is 12.9. The van der Waals surface area contributed by atoms with Crippen LogP contribution >= 0.6 is 24.8 Å². The van der Waals surface area contributed by atoms with Gasteiger partial charge in [-0.25, -0.2) is 0 Å². The number of rotatable bonds is 25. The van der Waals surface area contributed by atoms with Crippen LogP contribution in [0.15, 0.2) is 42.5 Å². The second-order valence-electron chi connectivity index (χ2n) is 20.5. The van der Waals surface area contributed by atoms with Crippen molar-refractivity contribution in [3.8, 4) is 11.5 Å². The molecule has 1 saturated heterocycles. The van der Waals surface area contributed by atoms with Crippen LogP contribution in [-0.4, -0.2) is 142 Å². The van der Waals surface area contributed by atoms with E-state index in [1.165, 1.54) is 26.7 Å². The average molecular weight is 1020 g/mol. The number of nitrogens with two attached hydrogens (primary N) is 1. The Morgan fingerprint density at radius 3 is 2.41 bits per heavy atom. The van der Waals surface area contributed by atoms with Crippen molar-refractivity contribution < 1.29 is 48.1 Å². The number of ether oxygens (including phenoxy) is 2. The lowest BCUT2D eigenvalue weighted by molar-refractivity contribution is -0.188. The van der Waals surface area contributed by atoms with Gasteiger partial charge >= 0.3 is 0 Å². The summed E-state index contributed by atoms with van der Waals surface area (Å²) in [7, 11) is 1.73. The number of carbonyl (C=O) groups excluding carboxylic acids is 7. The normalized spacial score (nSPS) is 23.9. The first kappa shape index (κ1) is 53.8. The van der Waals surface area contributed by atoms with Crippen LogP contribution in [0.1, 0.15) is 102 Å². The number of nitrogens with one attached hydrogen (secondary N) is 4. The molecule has 5 aliphatic rings. The molecule has 19 heteroatoms. The predicted molar refractivity (Wildman–Crippen MR) is 273 cm³/mol. The smallest absolute Gasteiger partial charge is 0.264 e. The summed E-state index contributed by atoms with van der Waals surface area (Å²) in [6.07, 6.45) is 4.88. The van der Waals surface area contributed by atoms with Crippen molar-refractivity contribution in [3.63, 3.8) is 0 Å². The van der Waals surface area contributed by atoms with Crippen LogP contribution in [0.4, 0.5) is 0 Å². The molecule has 7 rings (SSSR count). The number of benzene rings is 2. The van der Waals surface area contributed by atoms with Gasteiger partial charge in [-0.3, -0.25) is 38.5 Å². The monoisotopic (exact) mass is 1020 g/mol. The minimum Gasteiger partial charge on any atom is -0.477 e. The van der Waals surface area contributed by atoms with E-state index in [1.54, 1.807) is 18.9 Å². The predicted octanol–water partition coefficient (Wildman–Crippen LogP) is 2.50. The molecule has 3 aliphatic carbocycles. The van der Waals surface area contributed by atoms with E-state index in [-0.39, 0.29) is 78.5 Å². The molecule has 3 fully saturated rings. The lowest BCUT2D eigenvalue weighted by Crippen LogP contribution is -2.76. The summed E-state index contributed by atoms with van der Waals surface area (Å²) in [6, 6.07) is 10.7. The van der Waals surface area contributed by atoms with E-state index in [1.807, 2.05) is 42.5 Å². The van der Waals surface area contributed by atoms with E-state index in [2.05, 4.69) is 38.8 Å². The van der Waals surface area contributed by atoms with E-state index >= 15 is 0 Å². The second-order valence-corrected chi connectivity index (χ2v) is 21.2. The SMILES string of the molecule is CC(=O)NC(CS)C(=O)CC(C)C(=O)NC(C)C(=O)CC(CCCCNC(=O)C(N)Cc1ccccc1)C(=O)NCCN(C)C(=S)Oc1ccc2c3c1O[C@H]1C(=O)CC[C@@]4(O)[C@@H](C2)N(CC2CC2)CC[C@]314. The van der Waals surface area contributed by atoms with Gasteiger partial charge in [0, 0.05) is 88.6 Å². The van der Waals surface area contributed by atoms with Gasteiger partial charge in [0.15, 0.2) is 35.0 Å². The molecule has 0 aromatic heterocycles. The van der Waals surface area contributed by atoms with Gasteiger partial charge < -0.3 is 46.5 Å². The number of carbonyl (C=O) groups is 7. The molecule has 4 amide bonds. The lowest BCUT2D eigenvalue weighted by atomic mass is 9.49. The summed E-state index contributed by atoms with van der Waals surface area (Å²) in [6.45, 7) is 6.82. The van der Waals surface area contributed by atoms with E-state index < -0.39 is 58.9 Å². The van der Waals surface area contributed by atoms with Gasteiger partial charge in [0.2, 0.25) is 23.6 Å². The zero-order valence-electron chi connectivity index (χ0n) is 41.3. The van der Waals surface area contributed by atoms with Gasteiger partial charge in [-0.1, -0.05) is 49.7 Å². The molecule has 386 valence electrons. The summed E-state index contributed by atoms with van der Waals surface area (Å²) in [5, 5.41) is 23.8. The molecule has 7 N–H and O–H groups in total. The fourth-order valence-electron chi connectivity index (χ4n) is 11.1. The Hall–Kier alpha value is -4.95. The van der Waals surface area contributed by atoms with Crippen LogP contribution < -0.4 is 36.5 Å². The minimum absolute atomic E-state index is 0.0126. The summed E-state index contributed by atoms with van der Waals surface area (Å²) in [4.78, 5) is 95.4. The molecular weight excluding hydrogens is 947 g/mol. The lowest BCUT2D eigenvalue weighted by Gasteiger charge is -2.62. The Kier molecular flexibility index (Phi) is 17.7. The van der Waals surface area contributed by atoms with E-state index in [4.69, 9.17) is 27.4 Å². The van der Waals surface area contributed by atoms with Crippen LogP contribution in [0.5, 0.6) is 11.5 Å². The van der Waals surface area contributed by atoms with E-state index in [9.17, 15) is 38.7 Å². The van der Waals surface area contributed by atoms with Gasteiger partial charge in [0.25, 0.3) is 5.17 Å². The number of hydrogen-bond donors (Lipinski definition) is 7. The fourth-order valence-corrected chi connectivity index (χ4v) is 11.6. The summed E-state index contributed by atoms with van der Waals surface area (Å²) in [5.74, 6) is -2.36. The highest BCUT2D eigenvalue weighted by atomic mass is 32.1. The van der Waals surface area contributed by atoms with Gasteiger partial charge in [-0.2, -0.15) is 12.6 Å². The number of likely N-dealkylation sites (tertiary alicyclic amines) is 1. The molecular formula is C52H71N7O10S2. The molecule has 9 atom stereocenters. The largest absolute Gasteiger partial charge is 0.477 e. The zero-order valence-corrected chi connectivity index (χ0v) is 43.0. The topological polar surface area (TPSA) is 239 Å². The van der Waals surface area contributed by atoms with Gasteiger partial charge in [0.05, 0.1) is 29.1 Å². The quantitative estimate of drug-likeness (QED) is 0.0430. The van der Waals surface area contributed by atoms with Gasteiger partial charge in [-0.05, 0) is 100 Å². The third kappa shape index (κ3) is 12.1. The van der Waals surface area contributed by atoms with Crippen molar-refractivity contribution in [1.29, 1.82) is 0 Å². The third-order valence-electron chi connectivity index (χ3n) is 15.3.